The van der Waals surface area contributed by atoms with Gasteiger partial charge >= 0.3 is 6.09 Å². The molecule has 2 aromatic heterocycles. The van der Waals surface area contributed by atoms with Gasteiger partial charge in [-0.05, 0) is 39.5 Å². The Labute approximate surface area is 149 Å². The fourth-order valence-corrected chi connectivity index (χ4v) is 3.63. The molecule has 1 aliphatic rings. The van der Waals surface area contributed by atoms with Crippen LogP contribution in [0.5, 0.6) is 0 Å². The minimum absolute atomic E-state index is 0.332. The van der Waals surface area contributed by atoms with Gasteiger partial charge in [-0.1, -0.05) is 11.3 Å². The molecule has 0 spiro atoms. The third kappa shape index (κ3) is 4.05. The molecule has 0 radical (unpaired) electrons. The van der Waals surface area contributed by atoms with Crippen LogP contribution in [0.3, 0.4) is 0 Å². The molecule has 0 saturated heterocycles. The minimum atomic E-state index is -0.965. The van der Waals surface area contributed by atoms with Gasteiger partial charge in [-0.15, -0.1) is 0 Å². The summed E-state index contributed by atoms with van der Waals surface area (Å²) in [5.41, 5.74) is -0.597. The molecule has 2 N–H and O–H groups in total. The number of carbonyl (C=O) groups excluding carboxylic acids is 1. The second-order valence-electron chi connectivity index (χ2n) is 7.29. The molecule has 0 atom stereocenters. The molecule has 0 aromatic carbocycles. The van der Waals surface area contributed by atoms with Crippen molar-refractivity contribution < 1.29 is 19.4 Å². The Bertz CT molecular complexity index is 780. The summed E-state index contributed by atoms with van der Waals surface area (Å²) in [5.74, 6) is 0.332. The fourth-order valence-electron chi connectivity index (χ4n) is 2.85. The number of anilines is 1. The summed E-state index contributed by atoms with van der Waals surface area (Å²) in [4.78, 5) is 25.3. The van der Waals surface area contributed by atoms with Gasteiger partial charge in [0.1, 0.15) is 11.2 Å². The van der Waals surface area contributed by atoms with Crippen molar-refractivity contribution in [2.24, 2.45) is 5.92 Å². The monoisotopic (exact) mass is 366 g/mol. The summed E-state index contributed by atoms with van der Waals surface area (Å²) in [5, 5.41) is 13.6. The lowest BCUT2D eigenvalue weighted by Crippen LogP contribution is -2.43. The fraction of sp³-hybridized carbons (Fsp3) is 0.625. The van der Waals surface area contributed by atoms with Crippen LogP contribution in [0.15, 0.2) is 6.20 Å². The van der Waals surface area contributed by atoms with Gasteiger partial charge < -0.3 is 14.6 Å². The summed E-state index contributed by atoms with van der Waals surface area (Å²) >= 11 is 1.20. The number of aliphatic hydroxyl groups is 1. The van der Waals surface area contributed by atoms with E-state index in [1.54, 1.807) is 34.1 Å². The zero-order chi connectivity index (χ0) is 18.2. The molecule has 1 fully saturated rings. The zero-order valence-corrected chi connectivity index (χ0v) is 15.5. The summed E-state index contributed by atoms with van der Waals surface area (Å²) in [6, 6.07) is 0. The number of aromatic nitrogens is 3. The molecule has 8 nitrogen and oxygen atoms in total. The van der Waals surface area contributed by atoms with Gasteiger partial charge in [0.2, 0.25) is 0 Å². The average Bonchev–Trinajstić information content (AvgIpc) is 2.84. The highest BCUT2D eigenvalue weighted by atomic mass is 32.1. The topological polar surface area (TPSA) is 106 Å². The van der Waals surface area contributed by atoms with Gasteiger partial charge in [-0.25, -0.2) is 14.8 Å². The molecule has 9 heteroatoms. The van der Waals surface area contributed by atoms with E-state index < -0.39 is 17.3 Å². The van der Waals surface area contributed by atoms with Crippen molar-refractivity contribution in [3.05, 3.63) is 11.9 Å². The highest BCUT2D eigenvalue weighted by Gasteiger charge is 2.45. The van der Waals surface area contributed by atoms with E-state index >= 15 is 0 Å². The smallest absolute Gasteiger partial charge is 0.413 e. The van der Waals surface area contributed by atoms with E-state index in [2.05, 4.69) is 20.3 Å². The first kappa shape index (κ1) is 18.0. The van der Waals surface area contributed by atoms with Crippen LogP contribution >= 0.6 is 11.3 Å². The molecule has 25 heavy (non-hydrogen) atoms. The number of amides is 1. The summed E-state index contributed by atoms with van der Waals surface area (Å²) < 4.78 is 10.3. The van der Waals surface area contributed by atoms with E-state index in [0.717, 1.165) is 0 Å². The van der Waals surface area contributed by atoms with Crippen LogP contribution in [0.2, 0.25) is 0 Å². The second kappa shape index (κ2) is 6.47. The Morgan fingerprint density at radius 2 is 2.16 bits per heavy atom. The third-order valence-corrected chi connectivity index (χ3v) is 4.72. The van der Waals surface area contributed by atoms with E-state index in [0.29, 0.717) is 46.7 Å². The largest absolute Gasteiger partial charge is 0.444 e. The van der Waals surface area contributed by atoms with Crippen molar-refractivity contribution in [2.75, 3.05) is 19.0 Å². The molecule has 3 rings (SSSR count). The first-order valence-electron chi connectivity index (χ1n) is 8.04. The minimum Gasteiger partial charge on any atom is -0.444 e. The Morgan fingerprint density at radius 1 is 1.44 bits per heavy atom. The average molecular weight is 366 g/mol. The van der Waals surface area contributed by atoms with E-state index in [1.807, 2.05) is 0 Å². The number of nitrogens with one attached hydrogen (secondary N) is 1. The van der Waals surface area contributed by atoms with Gasteiger partial charge in [0.15, 0.2) is 15.6 Å². The summed E-state index contributed by atoms with van der Waals surface area (Å²) in [6.45, 7) is 5.99. The number of ether oxygens (including phenoxy) is 2. The molecule has 1 aliphatic carbocycles. The van der Waals surface area contributed by atoms with Crippen LogP contribution in [0.25, 0.3) is 10.5 Å². The van der Waals surface area contributed by atoms with Gasteiger partial charge in [0, 0.05) is 13.7 Å². The zero-order valence-electron chi connectivity index (χ0n) is 14.7. The molecule has 136 valence electrons. The van der Waals surface area contributed by atoms with E-state index in [9.17, 15) is 9.90 Å². The first-order chi connectivity index (χ1) is 11.7. The summed E-state index contributed by atoms with van der Waals surface area (Å²) in [7, 11) is 1.65. The van der Waals surface area contributed by atoms with E-state index in [1.165, 1.54) is 11.3 Å². The molecule has 2 heterocycles. The molecule has 1 saturated carbocycles. The maximum Gasteiger partial charge on any atom is 0.413 e. The molecule has 1 amide bonds. The predicted molar refractivity (Wildman–Crippen MR) is 93.6 cm³/mol. The SMILES string of the molecule is COCC1CC(O)(c2cnc3nc(NC(=O)OC(C)(C)C)sc3n2)C1. The van der Waals surface area contributed by atoms with Crippen molar-refractivity contribution in [3.8, 4) is 0 Å². The normalized spacial score (nSPS) is 23.3. The number of thiazole rings is 1. The molecule has 2 aromatic rings. The van der Waals surface area contributed by atoms with E-state index in [4.69, 9.17) is 9.47 Å². The molecule has 0 unspecified atom stereocenters. The Kier molecular flexibility index (Phi) is 4.65. The highest BCUT2D eigenvalue weighted by molar-refractivity contribution is 7.21. The first-order valence-corrected chi connectivity index (χ1v) is 8.85. The molecular weight excluding hydrogens is 344 g/mol. The Balaban J connectivity index is 1.73. The number of methoxy groups -OCH3 is 1. The van der Waals surface area contributed by atoms with Crippen LogP contribution < -0.4 is 5.32 Å². The quantitative estimate of drug-likeness (QED) is 0.856. The van der Waals surface area contributed by atoms with Gasteiger partial charge in [0.05, 0.1) is 11.9 Å². The number of hydrogen-bond donors (Lipinski definition) is 2. The lowest BCUT2D eigenvalue weighted by molar-refractivity contribution is -0.101. The Morgan fingerprint density at radius 3 is 2.80 bits per heavy atom. The van der Waals surface area contributed by atoms with Gasteiger partial charge in [-0.3, -0.25) is 5.32 Å². The van der Waals surface area contributed by atoms with Crippen molar-refractivity contribution in [1.29, 1.82) is 0 Å². The van der Waals surface area contributed by atoms with Crippen molar-refractivity contribution in [3.63, 3.8) is 0 Å². The number of carbonyl (C=O) groups is 1. The molecular formula is C16H22N4O4S. The van der Waals surface area contributed by atoms with Crippen LogP contribution in [-0.2, 0) is 15.1 Å². The van der Waals surface area contributed by atoms with Crippen molar-refractivity contribution in [2.45, 2.75) is 44.8 Å². The van der Waals surface area contributed by atoms with Crippen molar-refractivity contribution >= 4 is 33.0 Å². The second-order valence-corrected chi connectivity index (χ2v) is 8.27. The van der Waals surface area contributed by atoms with Crippen LogP contribution in [0.4, 0.5) is 9.93 Å². The highest BCUT2D eigenvalue weighted by Crippen LogP contribution is 2.45. The summed E-state index contributed by atoms with van der Waals surface area (Å²) in [6.07, 6.45) is 2.17. The molecule has 0 aliphatic heterocycles. The predicted octanol–water partition coefficient (Wildman–Crippen LogP) is 2.68. The van der Waals surface area contributed by atoms with Gasteiger partial charge in [-0.2, -0.15) is 4.98 Å². The van der Waals surface area contributed by atoms with Crippen LogP contribution in [0, 0.1) is 5.92 Å². The van der Waals surface area contributed by atoms with Crippen LogP contribution in [0.1, 0.15) is 39.3 Å². The number of fused-ring (bicyclic) bond motifs is 1. The number of rotatable bonds is 4. The maximum atomic E-state index is 11.8. The van der Waals surface area contributed by atoms with E-state index in [-0.39, 0.29) is 0 Å². The lowest BCUT2D eigenvalue weighted by Gasteiger charge is -2.42. The standard InChI is InChI=1S/C16H22N4O4S/c1-15(2,3)24-14(21)20-13-19-11-12(25-13)18-10(7-17-11)16(22)5-9(6-16)8-23-4/h7,9,22H,5-6,8H2,1-4H3,(H,17,19,20,21). The third-order valence-electron chi connectivity index (χ3n) is 3.86. The Hall–Kier alpha value is -1.84. The molecule has 0 bridgehead atoms. The van der Waals surface area contributed by atoms with Crippen molar-refractivity contribution in [1.82, 2.24) is 15.0 Å². The van der Waals surface area contributed by atoms with Gasteiger partial charge in [0.25, 0.3) is 0 Å². The number of hydrogen-bond acceptors (Lipinski definition) is 8. The lowest BCUT2D eigenvalue weighted by atomic mass is 9.69. The maximum absolute atomic E-state index is 11.8. The van der Waals surface area contributed by atoms with Crippen LogP contribution in [-0.4, -0.2) is 45.5 Å². The number of nitrogens with zero attached hydrogens (tertiary/aromatic N) is 3.